The summed E-state index contributed by atoms with van der Waals surface area (Å²) in [6, 6.07) is 9.45. The Bertz CT molecular complexity index is 333. The van der Waals surface area contributed by atoms with Crippen LogP contribution in [-0.2, 0) is 11.3 Å². The van der Waals surface area contributed by atoms with Crippen molar-refractivity contribution in [2.75, 3.05) is 6.61 Å². The summed E-state index contributed by atoms with van der Waals surface area (Å²) in [5.41, 5.74) is 1.07. The van der Waals surface area contributed by atoms with Crippen LogP contribution in [0.15, 0.2) is 35.5 Å². The van der Waals surface area contributed by atoms with Crippen molar-refractivity contribution in [2.45, 2.75) is 19.5 Å². The van der Waals surface area contributed by atoms with E-state index in [1.54, 1.807) is 6.82 Å². The van der Waals surface area contributed by atoms with Crippen molar-refractivity contribution in [3.8, 4) is 0 Å². The monoisotopic (exact) mass is 236 g/mol. The maximum Gasteiger partial charge on any atom is 0.374 e. The highest BCUT2D eigenvalue weighted by Crippen LogP contribution is 2.00. The number of hydrogen-bond donors (Lipinski definition) is 3. The lowest BCUT2D eigenvalue weighted by atomic mass is 9.87. The molecule has 0 spiro atoms. The molecule has 0 aliphatic heterocycles. The van der Waals surface area contributed by atoms with Gasteiger partial charge in [0.15, 0.2) is 0 Å². The fourth-order valence-corrected chi connectivity index (χ4v) is 1.40. The van der Waals surface area contributed by atoms with Gasteiger partial charge in [0.05, 0.1) is 25.5 Å². The van der Waals surface area contributed by atoms with Gasteiger partial charge in [-0.2, -0.15) is 0 Å². The largest absolute Gasteiger partial charge is 0.437 e. The maximum atomic E-state index is 9.16. The minimum atomic E-state index is -0.682. The fourth-order valence-electron chi connectivity index (χ4n) is 1.40. The maximum absolute atomic E-state index is 9.16. The lowest BCUT2D eigenvalue weighted by Gasteiger charge is -2.14. The molecule has 1 aromatic rings. The van der Waals surface area contributed by atoms with Crippen LogP contribution in [0, 0.1) is 0 Å². The first-order valence-corrected chi connectivity index (χ1v) is 5.45. The van der Waals surface area contributed by atoms with Gasteiger partial charge in [0, 0.05) is 0 Å². The minimum Gasteiger partial charge on any atom is -0.437 e. The van der Waals surface area contributed by atoms with Crippen LogP contribution in [0.25, 0.3) is 0 Å². The number of benzene rings is 1. The predicted molar refractivity (Wildman–Crippen MR) is 67.1 cm³/mol. The van der Waals surface area contributed by atoms with Crippen LogP contribution < -0.4 is 5.23 Å². The van der Waals surface area contributed by atoms with Gasteiger partial charge in [-0.05, 0) is 12.4 Å². The molecule has 1 atom stereocenters. The molecule has 0 aliphatic rings. The zero-order valence-corrected chi connectivity index (χ0v) is 9.78. The van der Waals surface area contributed by atoms with Crippen LogP contribution in [0.2, 0.25) is 6.82 Å². The summed E-state index contributed by atoms with van der Waals surface area (Å²) >= 11 is 0. The molecule has 0 saturated heterocycles. The van der Waals surface area contributed by atoms with Crippen molar-refractivity contribution >= 4 is 13.3 Å². The third-order valence-electron chi connectivity index (χ3n) is 2.11. The van der Waals surface area contributed by atoms with Crippen molar-refractivity contribution < 1.29 is 15.0 Å². The van der Waals surface area contributed by atoms with Gasteiger partial charge in [0.1, 0.15) is 0 Å². The summed E-state index contributed by atoms with van der Waals surface area (Å²) < 4.78 is 5.46. The highest BCUT2D eigenvalue weighted by molar-refractivity contribution is 6.45. The highest BCUT2D eigenvalue weighted by Gasteiger charge is 2.11. The van der Waals surface area contributed by atoms with Gasteiger partial charge in [-0.25, -0.2) is 0 Å². The molecular weight excluding hydrogens is 219 g/mol. The molecule has 1 aromatic carbocycles. The van der Waals surface area contributed by atoms with E-state index in [4.69, 9.17) is 15.0 Å². The van der Waals surface area contributed by atoms with Crippen molar-refractivity contribution in [2.24, 2.45) is 5.16 Å². The fraction of sp³-hybridized carbons (Fsp3) is 0.364. The van der Waals surface area contributed by atoms with E-state index in [0.717, 1.165) is 5.56 Å². The van der Waals surface area contributed by atoms with Gasteiger partial charge < -0.3 is 20.2 Å². The van der Waals surface area contributed by atoms with Crippen molar-refractivity contribution in [1.29, 1.82) is 0 Å². The van der Waals surface area contributed by atoms with E-state index in [0.29, 0.717) is 13.2 Å². The normalized spacial score (nSPS) is 12.8. The second-order valence-electron chi connectivity index (χ2n) is 3.71. The standard InChI is InChI=1S/C11H17BN2O3/c1-12(15)14-11(7-13-16)9-17-8-10-5-3-2-4-6-10/h2-7,11,14-16H,8-9H2,1H3/b13-7+. The smallest absolute Gasteiger partial charge is 0.374 e. The van der Waals surface area contributed by atoms with Gasteiger partial charge in [-0.3, -0.25) is 0 Å². The van der Waals surface area contributed by atoms with Crippen LogP contribution >= 0.6 is 0 Å². The summed E-state index contributed by atoms with van der Waals surface area (Å²) in [7, 11) is -0.682. The van der Waals surface area contributed by atoms with Gasteiger partial charge in [0.25, 0.3) is 0 Å². The van der Waals surface area contributed by atoms with Crippen LogP contribution in [0.3, 0.4) is 0 Å². The first-order valence-electron chi connectivity index (χ1n) is 5.45. The van der Waals surface area contributed by atoms with E-state index in [1.807, 2.05) is 30.3 Å². The Balaban J connectivity index is 2.32. The molecule has 3 N–H and O–H groups in total. The van der Waals surface area contributed by atoms with Crippen LogP contribution in [-0.4, -0.2) is 36.1 Å². The van der Waals surface area contributed by atoms with E-state index in [1.165, 1.54) is 6.21 Å². The van der Waals surface area contributed by atoms with E-state index in [2.05, 4.69) is 10.4 Å². The Morgan fingerprint density at radius 2 is 2.18 bits per heavy atom. The molecule has 0 amide bonds. The van der Waals surface area contributed by atoms with E-state index < -0.39 is 7.05 Å². The Kier molecular flexibility index (Phi) is 6.31. The third kappa shape index (κ3) is 6.06. The van der Waals surface area contributed by atoms with Crippen molar-refractivity contribution in [3.63, 3.8) is 0 Å². The van der Waals surface area contributed by atoms with E-state index in [9.17, 15) is 0 Å². The number of oxime groups is 1. The molecule has 6 heteroatoms. The molecular formula is C11H17BN2O3. The molecule has 0 saturated carbocycles. The lowest BCUT2D eigenvalue weighted by Crippen LogP contribution is -2.43. The Morgan fingerprint density at radius 1 is 1.47 bits per heavy atom. The van der Waals surface area contributed by atoms with Crippen LogP contribution in [0.4, 0.5) is 0 Å². The second-order valence-corrected chi connectivity index (χ2v) is 3.71. The summed E-state index contributed by atoms with van der Waals surface area (Å²) in [4.78, 5) is 0. The topological polar surface area (TPSA) is 74.1 Å². The average molecular weight is 236 g/mol. The zero-order chi connectivity index (χ0) is 12.5. The molecule has 0 fully saturated rings. The molecule has 5 nitrogen and oxygen atoms in total. The first-order chi connectivity index (χ1) is 8.22. The van der Waals surface area contributed by atoms with E-state index >= 15 is 0 Å². The average Bonchev–Trinajstić information content (AvgIpc) is 2.30. The van der Waals surface area contributed by atoms with Gasteiger partial charge in [-0.15, -0.1) is 5.16 Å². The van der Waals surface area contributed by atoms with Gasteiger partial charge >= 0.3 is 7.05 Å². The molecule has 0 radical (unpaired) electrons. The van der Waals surface area contributed by atoms with Crippen molar-refractivity contribution in [1.82, 2.24) is 5.23 Å². The number of nitrogens with one attached hydrogen (secondary N) is 1. The second kappa shape index (κ2) is 7.84. The van der Waals surface area contributed by atoms with E-state index in [-0.39, 0.29) is 6.04 Å². The predicted octanol–water partition coefficient (Wildman–Crippen LogP) is 0.732. The summed E-state index contributed by atoms with van der Waals surface area (Å²) in [5.74, 6) is 0. The Hall–Kier alpha value is -1.37. The summed E-state index contributed by atoms with van der Waals surface area (Å²) in [5, 5.41) is 23.3. The first kappa shape index (κ1) is 13.7. The van der Waals surface area contributed by atoms with Gasteiger partial charge in [0.2, 0.25) is 0 Å². The quantitative estimate of drug-likeness (QED) is 0.282. The number of nitrogens with zero attached hydrogens (tertiary/aromatic N) is 1. The van der Waals surface area contributed by atoms with Crippen LogP contribution in [0.1, 0.15) is 5.56 Å². The van der Waals surface area contributed by atoms with Crippen LogP contribution in [0.5, 0.6) is 0 Å². The number of ether oxygens (including phenoxy) is 1. The number of rotatable bonds is 7. The molecule has 1 unspecified atom stereocenters. The molecule has 17 heavy (non-hydrogen) atoms. The molecule has 0 aliphatic carbocycles. The molecule has 0 aromatic heterocycles. The SMILES string of the molecule is CB(O)NC(/C=N/O)COCc1ccccc1. The Labute approximate surface area is 101 Å². The minimum absolute atomic E-state index is 0.316. The Morgan fingerprint density at radius 3 is 2.76 bits per heavy atom. The number of hydrogen-bond acceptors (Lipinski definition) is 5. The molecule has 92 valence electrons. The molecule has 0 heterocycles. The summed E-state index contributed by atoms with van der Waals surface area (Å²) in [6.07, 6.45) is 1.29. The third-order valence-corrected chi connectivity index (χ3v) is 2.11. The molecule has 0 bridgehead atoms. The zero-order valence-electron chi connectivity index (χ0n) is 9.78. The summed E-state index contributed by atoms with van der Waals surface area (Å²) in [6.45, 7) is 2.40. The lowest BCUT2D eigenvalue weighted by molar-refractivity contribution is 0.116. The van der Waals surface area contributed by atoms with Crippen molar-refractivity contribution in [3.05, 3.63) is 35.9 Å². The molecule has 1 rings (SSSR count). The van der Waals surface area contributed by atoms with Gasteiger partial charge in [-0.1, -0.05) is 30.3 Å². The highest BCUT2D eigenvalue weighted by atomic mass is 16.5.